The summed E-state index contributed by atoms with van der Waals surface area (Å²) >= 11 is 0. The fraction of sp³-hybridized carbons (Fsp3) is 0.333. The summed E-state index contributed by atoms with van der Waals surface area (Å²) in [6.45, 7) is 0. The predicted octanol–water partition coefficient (Wildman–Crippen LogP) is 3.08. The molecule has 4 rings (SSSR count). The van der Waals surface area contributed by atoms with Crippen LogP contribution in [0.4, 0.5) is 0 Å². The lowest BCUT2D eigenvalue weighted by molar-refractivity contribution is 0.0657. The van der Waals surface area contributed by atoms with Crippen molar-refractivity contribution in [1.82, 2.24) is 9.88 Å². The summed E-state index contributed by atoms with van der Waals surface area (Å²) in [6, 6.07) is 10.4. The standard InChI is InChI=1S/C18H18N2O2/c21-15-9-13(10-19-11-15)18(22)20(14-6-7-14)17-8-5-12-3-1-2-4-16(12)17/h1-4,9-11,14,17,21H,5-8H2. The molecule has 1 amide bonds. The molecule has 0 aliphatic heterocycles. The maximum absolute atomic E-state index is 13.0. The average Bonchev–Trinajstić information content (AvgIpc) is 3.28. The molecule has 1 aromatic carbocycles. The first-order valence-corrected chi connectivity index (χ1v) is 7.78. The predicted molar refractivity (Wildman–Crippen MR) is 82.6 cm³/mol. The number of aromatic hydroxyl groups is 1. The van der Waals surface area contributed by atoms with Crippen molar-refractivity contribution in [3.8, 4) is 5.75 Å². The Labute approximate surface area is 129 Å². The van der Waals surface area contributed by atoms with Gasteiger partial charge in [-0.1, -0.05) is 24.3 Å². The number of fused-ring (bicyclic) bond motifs is 1. The molecule has 1 fully saturated rings. The van der Waals surface area contributed by atoms with E-state index in [1.54, 1.807) is 0 Å². The number of hydrogen-bond acceptors (Lipinski definition) is 3. The third-order valence-electron chi connectivity index (χ3n) is 4.58. The quantitative estimate of drug-likeness (QED) is 0.946. The zero-order valence-corrected chi connectivity index (χ0v) is 12.3. The number of pyridine rings is 1. The average molecular weight is 294 g/mol. The molecule has 0 bridgehead atoms. The Balaban J connectivity index is 1.69. The maximum atomic E-state index is 13.0. The Kier molecular flexibility index (Phi) is 3.10. The zero-order valence-electron chi connectivity index (χ0n) is 12.3. The van der Waals surface area contributed by atoms with Gasteiger partial charge in [-0.25, -0.2) is 0 Å². The van der Waals surface area contributed by atoms with E-state index in [4.69, 9.17) is 0 Å². The second kappa shape index (κ2) is 5.13. The van der Waals surface area contributed by atoms with Crippen LogP contribution >= 0.6 is 0 Å². The van der Waals surface area contributed by atoms with Gasteiger partial charge in [0.2, 0.25) is 0 Å². The highest BCUT2D eigenvalue weighted by Crippen LogP contribution is 2.42. The van der Waals surface area contributed by atoms with E-state index >= 15 is 0 Å². The van der Waals surface area contributed by atoms with E-state index in [1.807, 2.05) is 11.0 Å². The second-order valence-electron chi connectivity index (χ2n) is 6.13. The maximum Gasteiger partial charge on any atom is 0.256 e. The summed E-state index contributed by atoms with van der Waals surface area (Å²) in [5.41, 5.74) is 3.09. The summed E-state index contributed by atoms with van der Waals surface area (Å²) in [5.74, 6) is 0.0148. The number of hydrogen-bond donors (Lipinski definition) is 1. The number of carbonyl (C=O) groups is 1. The third kappa shape index (κ3) is 2.25. The molecule has 1 unspecified atom stereocenters. The molecule has 1 heterocycles. The van der Waals surface area contributed by atoms with E-state index in [2.05, 4.69) is 23.2 Å². The molecule has 22 heavy (non-hydrogen) atoms. The summed E-state index contributed by atoms with van der Waals surface area (Å²) in [6.07, 6.45) is 7.03. The Morgan fingerprint density at radius 2 is 2.00 bits per heavy atom. The van der Waals surface area contributed by atoms with Crippen LogP contribution in [0.25, 0.3) is 0 Å². The highest BCUT2D eigenvalue weighted by molar-refractivity contribution is 5.95. The molecule has 0 spiro atoms. The Morgan fingerprint density at radius 3 is 2.77 bits per heavy atom. The molecule has 0 radical (unpaired) electrons. The minimum atomic E-state index is -0.0207. The van der Waals surface area contributed by atoms with Crippen molar-refractivity contribution in [2.75, 3.05) is 0 Å². The summed E-state index contributed by atoms with van der Waals surface area (Å²) < 4.78 is 0. The molecule has 112 valence electrons. The molecule has 4 heteroatoms. The van der Waals surface area contributed by atoms with Crippen molar-refractivity contribution < 1.29 is 9.90 Å². The fourth-order valence-electron chi connectivity index (χ4n) is 3.43. The van der Waals surface area contributed by atoms with E-state index in [9.17, 15) is 9.90 Å². The minimum Gasteiger partial charge on any atom is -0.506 e. The number of benzene rings is 1. The largest absolute Gasteiger partial charge is 0.506 e. The first-order valence-electron chi connectivity index (χ1n) is 7.78. The molecule has 1 atom stereocenters. The molecule has 2 aromatic rings. The van der Waals surface area contributed by atoms with E-state index in [-0.39, 0.29) is 17.7 Å². The normalized spacial score (nSPS) is 19.7. The van der Waals surface area contributed by atoms with Crippen molar-refractivity contribution in [3.05, 3.63) is 59.4 Å². The van der Waals surface area contributed by atoms with E-state index in [0.29, 0.717) is 11.6 Å². The van der Waals surface area contributed by atoms with Crippen molar-refractivity contribution in [1.29, 1.82) is 0 Å². The zero-order chi connectivity index (χ0) is 15.1. The molecule has 4 nitrogen and oxygen atoms in total. The van der Waals surface area contributed by atoms with Crippen LogP contribution in [0.1, 0.15) is 46.8 Å². The van der Waals surface area contributed by atoms with Crippen LogP contribution in [0.5, 0.6) is 5.75 Å². The van der Waals surface area contributed by atoms with Crippen LogP contribution in [-0.2, 0) is 6.42 Å². The molecule has 2 aliphatic rings. The lowest BCUT2D eigenvalue weighted by Crippen LogP contribution is -2.36. The summed E-state index contributed by atoms with van der Waals surface area (Å²) in [7, 11) is 0. The number of aromatic nitrogens is 1. The van der Waals surface area contributed by atoms with Gasteiger partial charge in [0.25, 0.3) is 5.91 Å². The number of amides is 1. The number of carbonyl (C=O) groups excluding carboxylic acids is 1. The van der Waals surface area contributed by atoms with Gasteiger partial charge in [0, 0.05) is 12.2 Å². The van der Waals surface area contributed by atoms with Crippen molar-refractivity contribution in [2.24, 2.45) is 0 Å². The Hall–Kier alpha value is -2.36. The molecular formula is C18H18N2O2. The first kappa shape index (κ1) is 13.3. The van der Waals surface area contributed by atoms with Gasteiger partial charge in [0.05, 0.1) is 17.8 Å². The summed E-state index contributed by atoms with van der Waals surface area (Å²) in [4.78, 5) is 18.9. The Morgan fingerprint density at radius 1 is 1.18 bits per heavy atom. The van der Waals surface area contributed by atoms with Crippen LogP contribution in [0.2, 0.25) is 0 Å². The van der Waals surface area contributed by atoms with Gasteiger partial charge in [-0.3, -0.25) is 9.78 Å². The van der Waals surface area contributed by atoms with Crippen molar-refractivity contribution in [3.63, 3.8) is 0 Å². The van der Waals surface area contributed by atoms with E-state index in [0.717, 1.165) is 25.7 Å². The van der Waals surface area contributed by atoms with Gasteiger partial charge >= 0.3 is 0 Å². The highest BCUT2D eigenvalue weighted by Gasteiger charge is 2.40. The van der Waals surface area contributed by atoms with Gasteiger partial charge in [-0.05, 0) is 42.9 Å². The van der Waals surface area contributed by atoms with Gasteiger partial charge < -0.3 is 10.0 Å². The first-order chi connectivity index (χ1) is 10.7. The van der Waals surface area contributed by atoms with Crippen LogP contribution in [-0.4, -0.2) is 26.9 Å². The number of nitrogens with zero attached hydrogens (tertiary/aromatic N) is 2. The molecule has 2 aliphatic carbocycles. The highest BCUT2D eigenvalue weighted by atomic mass is 16.3. The monoisotopic (exact) mass is 294 g/mol. The summed E-state index contributed by atoms with van der Waals surface area (Å²) in [5, 5.41) is 9.59. The topological polar surface area (TPSA) is 53.4 Å². The van der Waals surface area contributed by atoms with Crippen molar-refractivity contribution >= 4 is 5.91 Å². The number of rotatable bonds is 3. The SMILES string of the molecule is O=C(c1cncc(O)c1)N(C1CC1)C1CCc2ccccc21. The van der Waals surface area contributed by atoms with E-state index in [1.165, 1.54) is 29.6 Å². The minimum absolute atomic E-state index is 0.0207. The molecule has 1 saturated carbocycles. The van der Waals surface area contributed by atoms with Crippen LogP contribution < -0.4 is 0 Å². The fourth-order valence-corrected chi connectivity index (χ4v) is 3.43. The Bertz CT molecular complexity index is 725. The van der Waals surface area contributed by atoms with Gasteiger partial charge in [0.15, 0.2) is 0 Å². The molecule has 1 aromatic heterocycles. The van der Waals surface area contributed by atoms with Gasteiger partial charge in [-0.15, -0.1) is 0 Å². The number of aryl methyl sites for hydroxylation is 1. The van der Waals surface area contributed by atoms with Crippen LogP contribution in [0.3, 0.4) is 0 Å². The molecule has 0 saturated heterocycles. The molecule has 1 N–H and O–H groups in total. The van der Waals surface area contributed by atoms with E-state index < -0.39 is 0 Å². The second-order valence-corrected chi connectivity index (χ2v) is 6.13. The third-order valence-corrected chi connectivity index (χ3v) is 4.58. The van der Waals surface area contributed by atoms with Crippen LogP contribution in [0.15, 0.2) is 42.7 Å². The van der Waals surface area contributed by atoms with Gasteiger partial charge in [-0.2, -0.15) is 0 Å². The van der Waals surface area contributed by atoms with Crippen LogP contribution in [0, 0.1) is 0 Å². The molecular weight excluding hydrogens is 276 g/mol. The van der Waals surface area contributed by atoms with Crippen molar-refractivity contribution in [2.45, 2.75) is 37.8 Å². The lowest BCUT2D eigenvalue weighted by atomic mass is 10.1. The smallest absolute Gasteiger partial charge is 0.256 e. The lowest BCUT2D eigenvalue weighted by Gasteiger charge is -2.30. The van der Waals surface area contributed by atoms with Gasteiger partial charge in [0.1, 0.15) is 5.75 Å².